The fourth-order valence-corrected chi connectivity index (χ4v) is 3.16. The smallest absolute Gasteiger partial charge is 0.185 e. The lowest BCUT2D eigenvalue weighted by Gasteiger charge is -2.07. The zero-order valence-electron chi connectivity index (χ0n) is 16.2. The van der Waals surface area contributed by atoms with Gasteiger partial charge in [-0.25, -0.2) is 4.68 Å². The van der Waals surface area contributed by atoms with Gasteiger partial charge >= 0.3 is 0 Å². The van der Waals surface area contributed by atoms with Crippen LogP contribution < -0.4 is 9.47 Å². The minimum atomic E-state index is -0.0836. The van der Waals surface area contributed by atoms with Crippen LogP contribution in [-0.2, 0) is 0 Å². The summed E-state index contributed by atoms with van der Waals surface area (Å²) in [5, 5.41) is 5.52. The van der Waals surface area contributed by atoms with Crippen LogP contribution in [0.3, 0.4) is 0 Å². The Balaban J connectivity index is 1.55. The van der Waals surface area contributed by atoms with E-state index in [4.69, 9.17) is 9.47 Å². The molecule has 0 saturated heterocycles. The fraction of sp³-hybridized carbons (Fsp3) is 0.0833. The van der Waals surface area contributed by atoms with Crippen molar-refractivity contribution in [2.75, 3.05) is 14.2 Å². The molecule has 0 aliphatic rings. The van der Waals surface area contributed by atoms with Crippen molar-refractivity contribution >= 4 is 22.8 Å². The molecule has 0 saturated carbocycles. The SMILES string of the molecule is COc1ccc(/C=C/C(=O)c2ccc(-n3ncc4ccccc43)cc2)c(OC)c1. The summed E-state index contributed by atoms with van der Waals surface area (Å²) in [5.41, 5.74) is 3.34. The topological polar surface area (TPSA) is 53.4 Å². The first-order chi connectivity index (χ1) is 14.2. The maximum atomic E-state index is 12.6. The van der Waals surface area contributed by atoms with E-state index in [1.165, 1.54) is 0 Å². The monoisotopic (exact) mass is 384 g/mol. The largest absolute Gasteiger partial charge is 0.497 e. The average Bonchev–Trinajstić information content (AvgIpc) is 3.21. The Labute approximate surface area is 168 Å². The van der Waals surface area contributed by atoms with Crippen molar-refractivity contribution in [3.8, 4) is 17.2 Å². The van der Waals surface area contributed by atoms with Gasteiger partial charge in [-0.1, -0.05) is 18.2 Å². The van der Waals surface area contributed by atoms with Gasteiger partial charge in [0, 0.05) is 22.6 Å². The van der Waals surface area contributed by atoms with E-state index < -0.39 is 0 Å². The Morgan fingerprint density at radius 3 is 2.52 bits per heavy atom. The first kappa shape index (κ1) is 18.5. The predicted molar refractivity (Wildman–Crippen MR) is 114 cm³/mol. The molecule has 0 N–H and O–H groups in total. The Hall–Kier alpha value is -3.86. The highest BCUT2D eigenvalue weighted by Gasteiger charge is 2.07. The second-order valence-corrected chi connectivity index (χ2v) is 6.47. The molecule has 0 radical (unpaired) electrons. The molecule has 0 aliphatic heterocycles. The van der Waals surface area contributed by atoms with Crippen LogP contribution in [0.25, 0.3) is 22.7 Å². The van der Waals surface area contributed by atoms with Crippen molar-refractivity contribution in [2.45, 2.75) is 0 Å². The highest BCUT2D eigenvalue weighted by atomic mass is 16.5. The molecule has 0 atom stereocenters. The third-order valence-corrected chi connectivity index (χ3v) is 4.73. The molecule has 3 aromatic carbocycles. The number of para-hydroxylation sites is 1. The van der Waals surface area contributed by atoms with Gasteiger partial charge in [-0.15, -0.1) is 0 Å². The van der Waals surface area contributed by atoms with Gasteiger partial charge in [0.2, 0.25) is 0 Å². The first-order valence-corrected chi connectivity index (χ1v) is 9.17. The minimum Gasteiger partial charge on any atom is -0.497 e. The number of fused-ring (bicyclic) bond motifs is 1. The number of carbonyl (C=O) groups is 1. The van der Waals surface area contributed by atoms with E-state index in [-0.39, 0.29) is 5.78 Å². The average molecular weight is 384 g/mol. The second kappa shape index (κ2) is 8.02. The number of allylic oxidation sites excluding steroid dienone is 1. The summed E-state index contributed by atoms with van der Waals surface area (Å²) < 4.78 is 12.4. The number of aromatic nitrogens is 2. The molecule has 0 spiro atoms. The van der Waals surface area contributed by atoms with Crippen LogP contribution in [0.2, 0.25) is 0 Å². The summed E-state index contributed by atoms with van der Waals surface area (Å²) in [7, 11) is 3.19. The van der Waals surface area contributed by atoms with Crippen LogP contribution in [0.1, 0.15) is 15.9 Å². The third kappa shape index (κ3) is 3.75. The van der Waals surface area contributed by atoms with Gasteiger partial charge in [0.15, 0.2) is 5.78 Å². The van der Waals surface area contributed by atoms with Crippen LogP contribution in [-0.4, -0.2) is 29.8 Å². The van der Waals surface area contributed by atoms with Gasteiger partial charge in [-0.05, 0) is 54.6 Å². The number of hydrogen-bond acceptors (Lipinski definition) is 4. The van der Waals surface area contributed by atoms with Gasteiger partial charge in [-0.3, -0.25) is 4.79 Å². The molecule has 144 valence electrons. The molecule has 29 heavy (non-hydrogen) atoms. The van der Waals surface area contributed by atoms with Gasteiger partial charge in [-0.2, -0.15) is 5.10 Å². The number of methoxy groups -OCH3 is 2. The summed E-state index contributed by atoms with van der Waals surface area (Å²) in [4.78, 5) is 12.6. The Kier molecular flexibility index (Phi) is 5.12. The lowest BCUT2D eigenvalue weighted by molar-refractivity contribution is 0.104. The maximum Gasteiger partial charge on any atom is 0.185 e. The molecule has 1 heterocycles. The van der Waals surface area contributed by atoms with Crippen LogP contribution >= 0.6 is 0 Å². The summed E-state index contributed by atoms with van der Waals surface area (Å²) in [6.07, 6.45) is 5.12. The van der Waals surface area contributed by atoms with Crippen molar-refractivity contribution in [1.82, 2.24) is 9.78 Å². The van der Waals surface area contributed by atoms with Crippen LogP contribution in [0.5, 0.6) is 11.5 Å². The lowest BCUT2D eigenvalue weighted by atomic mass is 10.1. The lowest BCUT2D eigenvalue weighted by Crippen LogP contribution is -1.98. The summed E-state index contributed by atoms with van der Waals surface area (Å²) in [5.74, 6) is 1.26. The molecular formula is C24H20N2O3. The molecule has 0 aliphatic carbocycles. The number of benzene rings is 3. The number of rotatable bonds is 6. The second-order valence-electron chi connectivity index (χ2n) is 6.47. The van der Waals surface area contributed by atoms with Gasteiger partial charge in [0.05, 0.1) is 31.6 Å². The van der Waals surface area contributed by atoms with Crippen LogP contribution in [0.4, 0.5) is 0 Å². The number of ether oxygens (including phenoxy) is 2. The van der Waals surface area contributed by atoms with E-state index in [9.17, 15) is 4.79 Å². The van der Waals surface area contributed by atoms with Crippen molar-refractivity contribution in [3.05, 3.63) is 90.1 Å². The molecule has 0 unspecified atom stereocenters. The molecule has 4 rings (SSSR count). The van der Waals surface area contributed by atoms with E-state index in [0.717, 1.165) is 22.2 Å². The van der Waals surface area contributed by atoms with Crippen LogP contribution in [0, 0.1) is 0 Å². The molecule has 1 aromatic heterocycles. The fourth-order valence-electron chi connectivity index (χ4n) is 3.16. The van der Waals surface area contributed by atoms with Crippen molar-refractivity contribution in [1.29, 1.82) is 0 Å². The van der Waals surface area contributed by atoms with Crippen molar-refractivity contribution in [2.24, 2.45) is 0 Å². The molecular weight excluding hydrogens is 364 g/mol. The van der Waals surface area contributed by atoms with Gasteiger partial charge < -0.3 is 9.47 Å². The summed E-state index contributed by atoms with van der Waals surface area (Å²) in [6, 6.07) is 20.9. The molecule has 0 bridgehead atoms. The van der Waals surface area contributed by atoms with E-state index in [0.29, 0.717) is 17.1 Å². The molecule has 0 fully saturated rings. The Bertz CT molecular complexity index is 1190. The maximum absolute atomic E-state index is 12.6. The van der Waals surface area contributed by atoms with E-state index >= 15 is 0 Å². The standard InChI is InChI=1S/C24H20N2O3/c1-28-21-13-9-18(24(15-21)29-2)10-14-23(27)17-7-11-20(12-8-17)26-22-6-4-3-5-19(22)16-25-26/h3-16H,1-2H3/b14-10+. The molecule has 0 amide bonds. The molecule has 4 aromatic rings. The normalized spacial score (nSPS) is 11.1. The van der Waals surface area contributed by atoms with E-state index in [2.05, 4.69) is 5.10 Å². The number of carbonyl (C=O) groups excluding carboxylic acids is 1. The number of ketones is 1. The van der Waals surface area contributed by atoms with E-state index in [1.54, 1.807) is 32.4 Å². The number of hydrogen-bond donors (Lipinski definition) is 0. The Morgan fingerprint density at radius 2 is 1.76 bits per heavy atom. The molecule has 5 nitrogen and oxygen atoms in total. The van der Waals surface area contributed by atoms with E-state index in [1.807, 2.05) is 71.5 Å². The highest BCUT2D eigenvalue weighted by Crippen LogP contribution is 2.26. The Morgan fingerprint density at radius 1 is 0.966 bits per heavy atom. The predicted octanol–water partition coefficient (Wildman–Crippen LogP) is 4.94. The zero-order valence-corrected chi connectivity index (χ0v) is 16.2. The summed E-state index contributed by atoms with van der Waals surface area (Å²) >= 11 is 0. The third-order valence-electron chi connectivity index (χ3n) is 4.73. The van der Waals surface area contributed by atoms with Crippen molar-refractivity contribution < 1.29 is 14.3 Å². The quantitative estimate of drug-likeness (QED) is 0.349. The van der Waals surface area contributed by atoms with Crippen molar-refractivity contribution in [3.63, 3.8) is 0 Å². The zero-order chi connectivity index (χ0) is 20.2. The highest BCUT2D eigenvalue weighted by molar-refractivity contribution is 6.07. The number of nitrogens with zero attached hydrogens (tertiary/aromatic N) is 2. The van der Waals surface area contributed by atoms with Gasteiger partial charge in [0.25, 0.3) is 0 Å². The summed E-state index contributed by atoms with van der Waals surface area (Å²) in [6.45, 7) is 0. The minimum absolute atomic E-state index is 0.0836. The first-order valence-electron chi connectivity index (χ1n) is 9.17. The van der Waals surface area contributed by atoms with Gasteiger partial charge in [0.1, 0.15) is 11.5 Å². The van der Waals surface area contributed by atoms with Crippen LogP contribution in [0.15, 0.2) is 79.0 Å². The molecule has 5 heteroatoms.